The van der Waals surface area contributed by atoms with Gasteiger partial charge in [0.2, 0.25) is 0 Å². The maximum Gasteiger partial charge on any atom is 0.127 e. The second kappa shape index (κ2) is 5.37. The molecule has 0 spiro atoms. The van der Waals surface area contributed by atoms with E-state index in [-0.39, 0.29) is 5.38 Å². The van der Waals surface area contributed by atoms with Crippen LogP contribution in [0.5, 0.6) is 0 Å². The van der Waals surface area contributed by atoms with Crippen LogP contribution in [0.4, 0.5) is 8.78 Å². The SMILES string of the molecule is Fc1cc(F)cc(SCC2CCC(Cl)C2)c1. The van der Waals surface area contributed by atoms with Gasteiger partial charge in [-0.25, -0.2) is 8.78 Å². The smallest absolute Gasteiger partial charge is 0.127 e. The molecule has 2 rings (SSSR count). The summed E-state index contributed by atoms with van der Waals surface area (Å²) in [5.74, 6) is 0.457. The van der Waals surface area contributed by atoms with Gasteiger partial charge in [0.1, 0.15) is 11.6 Å². The summed E-state index contributed by atoms with van der Waals surface area (Å²) < 4.78 is 25.8. The average molecular weight is 263 g/mol. The van der Waals surface area contributed by atoms with Gasteiger partial charge in [0.25, 0.3) is 0 Å². The fourth-order valence-electron chi connectivity index (χ4n) is 1.99. The molecule has 0 N–H and O–H groups in total. The van der Waals surface area contributed by atoms with Crippen LogP contribution in [0.2, 0.25) is 0 Å². The first kappa shape index (κ1) is 12.2. The van der Waals surface area contributed by atoms with Crippen molar-refractivity contribution in [2.45, 2.75) is 29.5 Å². The summed E-state index contributed by atoms with van der Waals surface area (Å²) >= 11 is 7.52. The molecule has 0 saturated heterocycles. The third-order valence-corrected chi connectivity index (χ3v) is 4.40. The second-order valence-corrected chi connectivity index (χ2v) is 5.90. The minimum Gasteiger partial charge on any atom is -0.207 e. The predicted molar refractivity (Wildman–Crippen MR) is 64.1 cm³/mol. The Bertz CT molecular complexity index is 350. The van der Waals surface area contributed by atoms with Crippen molar-refractivity contribution in [1.82, 2.24) is 0 Å². The molecular formula is C12H13ClF2S. The number of benzene rings is 1. The molecule has 1 aromatic rings. The Balaban J connectivity index is 1.89. The highest BCUT2D eigenvalue weighted by molar-refractivity contribution is 7.99. The van der Waals surface area contributed by atoms with Gasteiger partial charge in [0, 0.05) is 22.1 Å². The van der Waals surface area contributed by atoms with Crippen LogP contribution in [0.15, 0.2) is 23.1 Å². The van der Waals surface area contributed by atoms with Crippen molar-refractivity contribution in [2.24, 2.45) is 5.92 Å². The third-order valence-electron chi connectivity index (χ3n) is 2.80. The van der Waals surface area contributed by atoms with Crippen molar-refractivity contribution >= 4 is 23.4 Å². The zero-order chi connectivity index (χ0) is 11.5. The van der Waals surface area contributed by atoms with Crippen molar-refractivity contribution < 1.29 is 8.78 Å². The molecule has 0 bridgehead atoms. The average Bonchev–Trinajstić information content (AvgIpc) is 2.60. The summed E-state index contributed by atoms with van der Waals surface area (Å²) in [5.41, 5.74) is 0. The Hall–Kier alpha value is -0.280. The minimum atomic E-state index is -0.510. The quantitative estimate of drug-likeness (QED) is 0.572. The van der Waals surface area contributed by atoms with Crippen molar-refractivity contribution in [1.29, 1.82) is 0 Å². The highest BCUT2D eigenvalue weighted by Gasteiger charge is 2.22. The highest BCUT2D eigenvalue weighted by Crippen LogP contribution is 2.34. The molecule has 0 aromatic heterocycles. The van der Waals surface area contributed by atoms with Gasteiger partial charge in [0.15, 0.2) is 0 Å². The van der Waals surface area contributed by atoms with Gasteiger partial charge in [0.05, 0.1) is 0 Å². The molecule has 0 heterocycles. The van der Waals surface area contributed by atoms with E-state index < -0.39 is 11.6 Å². The molecule has 88 valence electrons. The summed E-state index contributed by atoms with van der Waals surface area (Å²) in [6, 6.07) is 3.65. The number of hydrogen-bond acceptors (Lipinski definition) is 1. The van der Waals surface area contributed by atoms with Crippen molar-refractivity contribution in [2.75, 3.05) is 5.75 Å². The molecule has 4 heteroatoms. The zero-order valence-corrected chi connectivity index (χ0v) is 10.3. The summed E-state index contributed by atoms with van der Waals surface area (Å²) in [6.07, 6.45) is 3.20. The summed E-state index contributed by atoms with van der Waals surface area (Å²) in [6.45, 7) is 0. The molecule has 1 aromatic carbocycles. The number of hydrogen-bond donors (Lipinski definition) is 0. The van der Waals surface area contributed by atoms with E-state index in [0.29, 0.717) is 10.8 Å². The van der Waals surface area contributed by atoms with Gasteiger partial charge in [-0.05, 0) is 37.3 Å². The molecule has 0 radical (unpaired) electrons. The van der Waals surface area contributed by atoms with Gasteiger partial charge in [-0.1, -0.05) is 0 Å². The lowest BCUT2D eigenvalue weighted by atomic mass is 10.1. The summed E-state index contributed by atoms with van der Waals surface area (Å²) in [4.78, 5) is 0.663. The van der Waals surface area contributed by atoms with Crippen molar-refractivity contribution in [3.63, 3.8) is 0 Å². The molecule has 1 saturated carbocycles. The van der Waals surface area contributed by atoms with Gasteiger partial charge in [-0.2, -0.15) is 0 Å². The van der Waals surface area contributed by atoms with Crippen molar-refractivity contribution in [3.8, 4) is 0 Å². The van der Waals surface area contributed by atoms with Gasteiger partial charge in [-0.15, -0.1) is 23.4 Å². The molecule has 2 atom stereocenters. The molecule has 2 unspecified atom stereocenters. The Morgan fingerprint density at radius 1 is 1.19 bits per heavy atom. The normalized spacial score (nSPS) is 24.9. The molecule has 16 heavy (non-hydrogen) atoms. The Morgan fingerprint density at radius 3 is 2.44 bits per heavy atom. The van der Waals surface area contributed by atoms with Gasteiger partial charge < -0.3 is 0 Å². The van der Waals surface area contributed by atoms with E-state index in [1.54, 1.807) is 0 Å². The molecule has 1 aliphatic carbocycles. The first-order chi connectivity index (χ1) is 7.63. The molecule has 0 nitrogen and oxygen atoms in total. The molecule has 0 amide bonds. The van der Waals surface area contributed by atoms with E-state index in [1.807, 2.05) is 0 Å². The number of rotatable bonds is 3. The Kier molecular flexibility index (Phi) is 4.09. The van der Waals surface area contributed by atoms with Gasteiger partial charge >= 0.3 is 0 Å². The number of thioether (sulfide) groups is 1. The largest absolute Gasteiger partial charge is 0.207 e. The minimum absolute atomic E-state index is 0.287. The lowest BCUT2D eigenvalue weighted by Crippen LogP contribution is -1.98. The van der Waals surface area contributed by atoms with Crippen LogP contribution < -0.4 is 0 Å². The van der Waals surface area contributed by atoms with E-state index in [0.717, 1.165) is 31.1 Å². The number of halogens is 3. The van der Waals surface area contributed by atoms with Crippen LogP contribution in [0.25, 0.3) is 0 Å². The van der Waals surface area contributed by atoms with Gasteiger partial charge in [-0.3, -0.25) is 0 Å². The van der Waals surface area contributed by atoms with Crippen molar-refractivity contribution in [3.05, 3.63) is 29.8 Å². The van der Waals surface area contributed by atoms with Crippen LogP contribution in [0.1, 0.15) is 19.3 Å². The second-order valence-electron chi connectivity index (χ2n) is 4.19. The van der Waals surface area contributed by atoms with E-state index in [9.17, 15) is 8.78 Å². The maximum absolute atomic E-state index is 12.9. The van der Waals surface area contributed by atoms with Crippen LogP contribution >= 0.6 is 23.4 Å². The summed E-state index contributed by atoms with van der Waals surface area (Å²) in [7, 11) is 0. The Labute approximate surface area is 103 Å². The predicted octanol–water partition coefficient (Wildman–Crippen LogP) is 4.46. The zero-order valence-electron chi connectivity index (χ0n) is 8.76. The topological polar surface area (TPSA) is 0 Å². The lowest BCUT2D eigenvalue weighted by Gasteiger charge is -2.08. The number of alkyl halides is 1. The van der Waals surface area contributed by atoms with Crippen LogP contribution in [0, 0.1) is 17.6 Å². The highest BCUT2D eigenvalue weighted by atomic mass is 35.5. The van der Waals surface area contributed by atoms with E-state index in [2.05, 4.69) is 0 Å². The van der Waals surface area contributed by atoms with E-state index in [4.69, 9.17) is 11.6 Å². The van der Waals surface area contributed by atoms with E-state index >= 15 is 0 Å². The third kappa shape index (κ3) is 3.36. The first-order valence-electron chi connectivity index (χ1n) is 5.36. The monoisotopic (exact) mass is 262 g/mol. The molecule has 1 aliphatic rings. The summed E-state index contributed by atoms with van der Waals surface area (Å²) in [5, 5.41) is 0.287. The van der Waals surface area contributed by atoms with E-state index in [1.165, 1.54) is 23.9 Å². The Morgan fingerprint density at radius 2 is 1.88 bits per heavy atom. The van der Waals surface area contributed by atoms with Crippen LogP contribution in [-0.2, 0) is 0 Å². The molecule has 0 aliphatic heterocycles. The molecular weight excluding hydrogens is 250 g/mol. The molecule has 1 fully saturated rings. The lowest BCUT2D eigenvalue weighted by molar-refractivity contribution is 0.577. The maximum atomic E-state index is 12.9. The standard InChI is InChI=1S/C12H13ClF2S/c13-9-2-1-8(3-9)7-16-12-5-10(14)4-11(15)6-12/h4-6,8-9H,1-3,7H2. The fourth-order valence-corrected chi connectivity index (χ4v) is 3.49. The fraction of sp³-hybridized carbons (Fsp3) is 0.500. The van der Waals surface area contributed by atoms with Crippen LogP contribution in [0.3, 0.4) is 0 Å². The van der Waals surface area contributed by atoms with Crippen LogP contribution in [-0.4, -0.2) is 11.1 Å². The first-order valence-corrected chi connectivity index (χ1v) is 6.78.